The lowest BCUT2D eigenvalue weighted by Crippen LogP contribution is -2.11. The summed E-state index contributed by atoms with van der Waals surface area (Å²) in [5.74, 6) is -0.966. The van der Waals surface area contributed by atoms with Crippen LogP contribution in [0.4, 0.5) is 24.7 Å². The molecular weight excluding hydrogens is 377 g/mol. The van der Waals surface area contributed by atoms with Crippen molar-refractivity contribution in [3.63, 3.8) is 0 Å². The highest BCUT2D eigenvalue weighted by molar-refractivity contribution is 5.95. The third-order valence-corrected chi connectivity index (χ3v) is 3.73. The smallest absolute Gasteiger partial charge is 0.433 e. The van der Waals surface area contributed by atoms with Crippen LogP contribution in [0.5, 0.6) is 0 Å². The summed E-state index contributed by atoms with van der Waals surface area (Å²) in [7, 11) is 0. The first-order valence-electron chi connectivity index (χ1n) is 8.19. The summed E-state index contributed by atoms with van der Waals surface area (Å²) in [6.45, 7) is 3.42. The number of oxazole rings is 1. The Kier molecular flexibility index (Phi) is 5.30. The van der Waals surface area contributed by atoms with Crippen LogP contribution in [0.2, 0.25) is 0 Å². The number of aryl methyl sites for hydroxylation is 1. The number of pyridine rings is 2. The van der Waals surface area contributed by atoms with Crippen molar-refractivity contribution in [3.8, 4) is 11.3 Å². The van der Waals surface area contributed by atoms with Crippen molar-refractivity contribution in [2.24, 2.45) is 0 Å². The molecule has 3 aromatic heterocycles. The molecule has 0 amide bonds. The quantitative estimate of drug-likeness (QED) is 0.645. The SMILES string of the molecule is CCOC(=O)c1ncoc1-c1ccc(C(F)(F)F)nc1Nc1cccnc1C. The predicted molar refractivity (Wildman–Crippen MR) is 92.9 cm³/mol. The van der Waals surface area contributed by atoms with Crippen molar-refractivity contribution in [3.05, 3.63) is 53.9 Å². The van der Waals surface area contributed by atoms with E-state index in [9.17, 15) is 18.0 Å². The van der Waals surface area contributed by atoms with E-state index in [1.807, 2.05) is 0 Å². The number of nitrogens with zero attached hydrogens (tertiary/aromatic N) is 3. The summed E-state index contributed by atoms with van der Waals surface area (Å²) in [6.07, 6.45) is -2.08. The van der Waals surface area contributed by atoms with Crippen LogP contribution in [0, 0.1) is 6.92 Å². The summed E-state index contributed by atoms with van der Waals surface area (Å²) in [5.41, 5.74) is -0.132. The van der Waals surface area contributed by atoms with E-state index in [-0.39, 0.29) is 29.4 Å². The zero-order valence-corrected chi connectivity index (χ0v) is 14.9. The Hall–Kier alpha value is -3.43. The molecule has 0 saturated heterocycles. The number of halogens is 3. The van der Waals surface area contributed by atoms with Gasteiger partial charge in [-0.15, -0.1) is 0 Å². The van der Waals surface area contributed by atoms with Gasteiger partial charge in [0.15, 0.2) is 17.8 Å². The number of rotatable bonds is 5. The number of carbonyl (C=O) groups is 1. The van der Waals surface area contributed by atoms with Gasteiger partial charge in [0.2, 0.25) is 0 Å². The molecule has 146 valence electrons. The summed E-state index contributed by atoms with van der Waals surface area (Å²) in [6, 6.07) is 5.23. The highest BCUT2D eigenvalue weighted by Crippen LogP contribution is 2.36. The van der Waals surface area contributed by atoms with Crippen LogP contribution in [0.1, 0.15) is 28.8 Å². The molecule has 1 N–H and O–H groups in total. The molecule has 0 aromatic carbocycles. The van der Waals surface area contributed by atoms with E-state index in [0.29, 0.717) is 11.4 Å². The maximum atomic E-state index is 13.2. The number of ether oxygens (including phenoxy) is 1. The second kappa shape index (κ2) is 7.67. The van der Waals surface area contributed by atoms with E-state index >= 15 is 0 Å². The van der Waals surface area contributed by atoms with E-state index in [1.165, 1.54) is 0 Å². The van der Waals surface area contributed by atoms with Crippen LogP contribution in [-0.4, -0.2) is 27.5 Å². The molecule has 10 heteroatoms. The highest BCUT2D eigenvalue weighted by atomic mass is 19.4. The number of nitrogens with one attached hydrogen (secondary N) is 1. The minimum Gasteiger partial charge on any atom is -0.461 e. The average molecular weight is 392 g/mol. The van der Waals surface area contributed by atoms with E-state index in [4.69, 9.17) is 9.15 Å². The lowest BCUT2D eigenvalue weighted by molar-refractivity contribution is -0.141. The first kappa shape index (κ1) is 19.3. The van der Waals surface area contributed by atoms with Gasteiger partial charge in [-0.2, -0.15) is 13.2 Å². The Bertz CT molecular complexity index is 1000. The molecule has 0 bridgehead atoms. The second-order valence-electron chi connectivity index (χ2n) is 5.60. The van der Waals surface area contributed by atoms with Crippen molar-refractivity contribution >= 4 is 17.5 Å². The number of alkyl halides is 3. The molecule has 0 aliphatic rings. The zero-order valence-electron chi connectivity index (χ0n) is 14.9. The van der Waals surface area contributed by atoms with E-state index in [0.717, 1.165) is 18.5 Å². The van der Waals surface area contributed by atoms with Gasteiger partial charge in [0, 0.05) is 6.20 Å². The second-order valence-corrected chi connectivity index (χ2v) is 5.60. The number of hydrogen-bond donors (Lipinski definition) is 1. The molecule has 28 heavy (non-hydrogen) atoms. The zero-order chi connectivity index (χ0) is 20.3. The van der Waals surface area contributed by atoms with Crippen LogP contribution < -0.4 is 5.32 Å². The van der Waals surface area contributed by atoms with Crippen molar-refractivity contribution in [1.29, 1.82) is 0 Å². The summed E-state index contributed by atoms with van der Waals surface area (Å²) in [5, 5.41) is 2.83. The fraction of sp³-hybridized carbons (Fsp3) is 0.222. The number of carbonyl (C=O) groups excluding carboxylic acids is 1. The fourth-order valence-corrected chi connectivity index (χ4v) is 2.42. The lowest BCUT2D eigenvalue weighted by atomic mass is 10.1. The predicted octanol–water partition coefficient (Wildman–Crippen LogP) is 4.38. The summed E-state index contributed by atoms with van der Waals surface area (Å²) < 4.78 is 49.6. The number of esters is 1. The molecule has 3 heterocycles. The Labute approximate surface area is 157 Å². The molecule has 0 spiro atoms. The van der Waals surface area contributed by atoms with Gasteiger partial charge in [-0.3, -0.25) is 4.98 Å². The third-order valence-electron chi connectivity index (χ3n) is 3.73. The number of aromatic nitrogens is 3. The molecule has 7 nitrogen and oxygen atoms in total. The van der Waals surface area contributed by atoms with E-state index in [2.05, 4.69) is 20.3 Å². The highest BCUT2D eigenvalue weighted by Gasteiger charge is 2.34. The van der Waals surface area contributed by atoms with Gasteiger partial charge in [0.1, 0.15) is 11.5 Å². The molecule has 3 aromatic rings. The van der Waals surface area contributed by atoms with E-state index < -0.39 is 17.8 Å². The minimum atomic E-state index is -4.65. The molecule has 0 saturated carbocycles. The van der Waals surface area contributed by atoms with Crippen molar-refractivity contribution in [2.75, 3.05) is 11.9 Å². The van der Waals surface area contributed by atoms with Crippen molar-refractivity contribution in [2.45, 2.75) is 20.0 Å². The Morgan fingerprint density at radius 1 is 1.25 bits per heavy atom. The molecule has 0 aliphatic carbocycles. The average Bonchev–Trinajstić information content (AvgIpc) is 3.13. The van der Waals surface area contributed by atoms with E-state index in [1.54, 1.807) is 32.2 Å². The molecule has 0 radical (unpaired) electrons. The van der Waals surface area contributed by atoms with Crippen LogP contribution in [0.15, 0.2) is 41.3 Å². The topological polar surface area (TPSA) is 90.1 Å². The van der Waals surface area contributed by atoms with Crippen molar-refractivity contribution in [1.82, 2.24) is 15.0 Å². The standard InChI is InChI=1S/C18H15F3N4O3/c1-3-27-17(26)14-15(28-9-23-14)11-6-7-13(18(19,20)21)25-16(11)24-12-5-4-8-22-10(12)2/h4-9H,3H2,1-2H3,(H,24,25). The van der Waals surface area contributed by atoms with Crippen LogP contribution in [0.25, 0.3) is 11.3 Å². The van der Waals surface area contributed by atoms with Gasteiger partial charge in [-0.05, 0) is 38.1 Å². The van der Waals surface area contributed by atoms with Gasteiger partial charge < -0.3 is 14.5 Å². The molecule has 0 unspecified atom stereocenters. The maximum absolute atomic E-state index is 13.2. The van der Waals surface area contributed by atoms with Gasteiger partial charge in [0.05, 0.1) is 23.6 Å². The van der Waals surface area contributed by atoms with Crippen LogP contribution >= 0.6 is 0 Å². The molecule has 0 fully saturated rings. The van der Waals surface area contributed by atoms with Crippen LogP contribution in [0.3, 0.4) is 0 Å². The number of hydrogen-bond acceptors (Lipinski definition) is 7. The minimum absolute atomic E-state index is 0.0521. The molecular formula is C18H15F3N4O3. The van der Waals surface area contributed by atoms with Gasteiger partial charge in [-0.1, -0.05) is 0 Å². The Morgan fingerprint density at radius 3 is 2.71 bits per heavy atom. The molecule has 0 atom stereocenters. The first-order chi connectivity index (χ1) is 13.3. The fourth-order valence-electron chi connectivity index (χ4n) is 2.42. The van der Waals surface area contributed by atoms with Gasteiger partial charge >= 0.3 is 12.1 Å². The Morgan fingerprint density at radius 2 is 2.04 bits per heavy atom. The molecule has 3 rings (SSSR count). The largest absolute Gasteiger partial charge is 0.461 e. The maximum Gasteiger partial charge on any atom is 0.433 e. The van der Waals surface area contributed by atoms with Gasteiger partial charge in [-0.25, -0.2) is 14.8 Å². The monoisotopic (exact) mass is 392 g/mol. The Balaban J connectivity index is 2.13. The lowest BCUT2D eigenvalue weighted by Gasteiger charge is -2.14. The normalized spacial score (nSPS) is 11.3. The van der Waals surface area contributed by atoms with Crippen molar-refractivity contribution < 1.29 is 27.1 Å². The first-order valence-corrected chi connectivity index (χ1v) is 8.19. The van der Waals surface area contributed by atoms with Gasteiger partial charge in [0.25, 0.3) is 0 Å². The molecule has 0 aliphatic heterocycles. The van der Waals surface area contributed by atoms with Crippen LogP contribution in [-0.2, 0) is 10.9 Å². The summed E-state index contributed by atoms with van der Waals surface area (Å²) in [4.78, 5) is 23.7. The summed E-state index contributed by atoms with van der Waals surface area (Å²) >= 11 is 0. The third kappa shape index (κ3) is 3.95. The number of anilines is 2.